The van der Waals surface area contributed by atoms with Crippen LogP contribution < -0.4 is 0 Å². The molecule has 10 N–H and O–H groups in total. The Morgan fingerprint density at radius 3 is 0.518 bits per heavy atom. The summed E-state index contributed by atoms with van der Waals surface area (Å²) in [5, 5.41) is 99.0. The lowest BCUT2D eigenvalue weighted by Crippen LogP contribution is -2.18. The van der Waals surface area contributed by atoms with Crippen molar-refractivity contribution < 1.29 is 70.2 Å². The van der Waals surface area contributed by atoms with Crippen LogP contribution in [-0.2, 0) is 99.0 Å². The van der Waals surface area contributed by atoms with Crippen molar-refractivity contribution in [3.63, 3.8) is 0 Å². The van der Waals surface area contributed by atoms with Gasteiger partial charge in [0.25, 0.3) is 0 Å². The van der Waals surface area contributed by atoms with E-state index >= 15 is 0 Å². The van der Waals surface area contributed by atoms with Gasteiger partial charge in [-0.2, -0.15) is 0 Å². The minimum absolute atomic E-state index is 0. The maximum atomic E-state index is 11.0. The van der Waals surface area contributed by atoms with Gasteiger partial charge in [0, 0.05) is 68.9 Å². The zero-order chi connectivity index (χ0) is 85.5. The molecule has 0 atom stereocenters. The highest BCUT2D eigenvalue weighted by Crippen LogP contribution is 2.47. The van der Waals surface area contributed by atoms with E-state index in [0.717, 1.165) is 98.8 Å². The number of aromatic hydroxyl groups is 6. The van der Waals surface area contributed by atoms with E-state index in [1.165, 1.54) is 0 Å². The molecule has 0 aliphatic rings. The second-order valence-electron chi connectivity index (χ2n) is 39.4. The van der Waals surface area contributed by atoms with Gasteiger partial charge in [0.1, 0.15) is 34.5 Å². The zero-order valence-electron chi connectivity index (χ0n) is 72.1. The Bertz CT molecular complexity index is 3740. The van der Waals surface area contributed by atoms with Crippen LogP contribution in [0.4, 0.5) is 0 Å². The fourth-order valence-corrected chi connectivity index (χ4v) is 13.0. The summed E-state index contributed by atoms with van der Waals surface area (Å²) in [6, 6.07) is 23.0. The van der Waals surface area contributed by atoms with Crippen LogP contribution in [0.15, 0.2) is 131 Å². The highest BCUT2D eigenvalue weighted by atomic mass is 32.2. The van der Waals surface area contributed by atoms with Crippen LogP contribution in [0, 0.1) is 13.8 Å². The van der Waals surface area contributed by atoms with Crippen LogP contribution in [0.1, 0.15) is 304 Å². The van der Waals surface area contributed by atoms with E-state index in [2.05, 4.69) is 80.0 Å². The molecule has 14 nitrogen and oxygen atoms in total. The van der Waals surface area contributed by atoms with Crippen LogP contribution in [-0.4, -0.2) is 74.9 Å². The van der Waals surface area contributed by atoms with Gasteiger partial charge < -0.3 is 51.1 Å². The molecule has 0 bridgehead atoms. The van der Waals surface area contributed by atoms with Gasteiger partial charge in [-0.3, -0.25) is 0 Å². The highest BCUT2D eigenvalue weighted by molar-refractivity contribution is 7.99. The Morgan fingerprint density at radius 1 is 0.264 bits per heavy atom. The van der Waals surface area contributed by atoms with Crippen molar-refractivity contribution in [1.29, 1.82) is 0 Å². The molecule has 6 aromatic carbocycles. The lowest BCUT2D eigenvalue weighted by Gasteiger charge is -2.28. The topological polar surface area (TPSA) is 271 Å². The van der Waals surface area contributed by atoms with Gasteiger partial charge in [-0.15, -0.1) is 0 Å². The van der Waals surface area contributed by atoms with Gasteiger partial charge in [-0.25, -0.2) is 19.2 Å². The van der Waals surface area contributed by atoms with E-state index in [9.17, 15) is 49.8 Å². The summed E-state index contributed by atoms with van der Waals surface area (Å²) in [7, 11) is 0. The summed E-state index contributed by atoms with van der Waals surface area (Å²) in [4.78, 5) is 46.2. The average molecular weight is 1540 g/mol. The molecule has 110 heavy (non-hydrogen) atoms. The van der Waals surface area contributed by atoms with Crippen molar-refractivity contribution in [3.05, 3.63) is 210 Å². The van der Waals surface area contributed by atoms with Crippen molar-refractivity contribution in [2.75, 3.05) is 0 Å². The molecule has 0 amide bonds. The van der Waals surface area contributed by atoms with Crippen LogP contribution in [0.2, 0.25) is 0 Å². The van der Waals surface area contributed by atoms with E-state index in [4.69, 9.17) is 20.4 Å². The Morgan fingerprint density at radius 2 is 0.400 bits per heavy atom. The number of aryl methyl sites for hydroxylation is 2. The van der Waals surface area contributed by atoms with Gasteiger partial charge in [-0.05, 0) is 170 Å². The summed E-state index contributed by atoms with van der Waals surface area (Å²) in [6.45, 7) is 79.8. The first-order valence-electron chi connectivity index (χ1n) is 37.1. The molecule has 0 saturated heterocycles. The number of hydrogen-bond donors (Lipinski definition) is 10. The van der Waals surface area contributed by atoms with Crippen molar-refractivity contribution >= 4 is 35.6 Å². The van der Waals surface area contributed by atoms with Crippen molar-refractivity contribution in [2.24, 2.45) is 0 Å². The van der Waals surface area contributed by atoms with E-state index in [1.807, 2.05) is 241 Å². The lowest BCUT2D eigenvalue weighted by atomic mass is 9.78. The van der Waals surface area contributed by atoms with E-state index in [0.29, 0.717) is 34.5 Å². The maximum absolute atomic E-state index is 11.0. The first-order chi connectivity index (χ1) is 48.6. The molecule has 6 rings (SSSR count). The molecular formula is C95H138O14S. The molecule has 15 heteroatoms. The number of phenols is 6. The van der Waals surface area contributed by atoms with Crippen LogP contribution in [0.5, 0.6) is 34.5 Å². The Labute approximate surface area is 665 Å². The molecule has 0 fully saturated rings. The molecule has 0 radical (unpaired) electrons. The minimum atomic E-state index is -0.988. The number of carboxylic acids is 4. The summed E-state index contributed by atoms with van der Waals surface area (Å²) in [6.07, 6.45) is 1.12. The highest BCUT2D eigenvalue weighted by Gasteiger charge is 2.33. The first-order valence-corrected chi connectivity index (χ1v) is 37.9. The lowest BCUT2D eigenvalue weighted by molar-refractivity contribution is -0.133. The molecule has 0 saturated carbocycles. The zero-order valence-corrected chi connectivity index (χ0v) is 72.9. The Kier molecular flexibility index (Phi) is 33.1. The smallest absolute Gasteiger partial charge is 0.331 e. The SMILES string of the molecule is C.C=C(Cc1cc(C(C)(C)C)c(O)c(C(C)(C)C)c1)C(=O)O.C=C(Cc1cc(C(C)(C)C)c(O)c(C(C)(C)C)c1)C(=O)O.C=C(Cc1cc(C(C)(C)C)c(O)c(C(C)(C)C)c1)C(=O)O.C=C(Cc1cc(C(C)(C)C)c(O)c(C(C)(C)C)c1)C(=O)O.Cc1cc(O)c(C(C)(C)C)cc1Sc1cc(C(C)(C)C)c(O)cc1C. The number of rotatable bonds is 14. The Hall–Kier alpha value is -8.69. The number of aliphatic carboxylic acids is 4. The van der Waals surface area contributed by atoms with Crippen LogP contribution in [0.3, 0.4) is 0 Å². The molecule has 0 spiro atoms. The van der Waals surface area contributed by atoms with E-state index in [-0.39, 0.29) is 110 Å². The summed E-state index contributed by atoms with van der Waals surface area (Å²) < 4.78 is 0. The fourth-order valence-electron chi connectivity index (χ4n) is 11.9. The quantitative estimate of drug-likeness (QED) is 0.0454. The summed E-state index contributed by atoms with van der Waals surface area (Å²) in [5.41, 5.74) is 12.8. The number of carboxylic acid groups (broad SMARTS) is 4. The van der Waals surface area contributed by atoms with Crippen LogP contribution >= 0.6 is 11.8 Å². The fraction of sp³-hybridized carbons (Fsp3) is 0.495. The van der Waals surface area contributed by atoms with E-state index in [1.54, 1.807) is 11.8 Å². The van der Waals surface area contributed by atoms with Gasteiger partial charge in [0.05, 0.1) is 0 Å². The van der Waals surface area contributed by atoms with Gasteiger partial charge in [-0.1, -0.05) is 302 Å². The predicted molar refractivity (Wildman–Crippen MR) is 458 cm³/mol. The molecule has 0 heterocycles. The molecular weight excluding hydrogens is 1400 g/mol. The number of benzene rings is 6. The number of hydrogen-bond acceptors (Lipinski definition) is 11. The standard InChI is InChI=1S/C22H30O2S.4C18H26O3.CH4/c1-13-9-17(23)15(21(3,4)5)11-19(13)25-20-12-16(22(6,7)8)18(24)10-14(20)2;4*1-11(16(20)21)8-12-9-13(17(2,3)4)15(19)14(10-12)18(5,6)7;/h9-12,23-24H,1-8H3;4*9-10,19H,1,8H2,2-7H3,(H,20,21);1H4. The number of phenolic OH excluding ortho intramolecular Hbond substituents is 6. The number of carbonyl (C=O) groups is 4. The third-order valence-electron chi connectivity index (χ3n) is 18.4. The minimum Gasteiger partial charge on any atom is -0.508 e. The molecule has 608 valence electrons. The van der Waals surface area contributed by atoms with Crippen LogP contribution in [0.25, 0.3) is 0 Å². The third kappa shape index (κ3) is 28.6. The normalized spacial score (nSPS) is 12.2. The first kappa shape index (κ1) is 99.3. The van der Waals surface area contributed by atoms with E-state index < -0.39 is 23.9 Å². The average Bonchev–Trinajstić information content (AvgIpc) is 0.794. The molecule has 0 unspecified atom stereocenters. The van der Waals surface area contributed by atoms with Gasteiger partial charge >= 0.3 is 23.9 Å². The summed E-state index contributed by atoms with van der Waals surface area (Å²) >= 11 is 1.70. The monoisotopic (exact) mass is 1530 g/mol. The Balaban J connectivity index is 0.000000687. The molecule has 0 aliphatic heterocycles. The second-order valence-corrected chi connectivity index (χ2v) is 40.5. The van der Waals surface area contributed by atoms with Crippen molar-refractivity contribution in [2.45, 2.75) is 319 Å². The van der Waals surface area contributed by atoms with Crippen molar-refractivity contribution in [3.8, 4) is 34.5 Å². The second kappa shape index (κ2) is 36.6. The predicted octanol–water partition coefficient (Wildman–Crippen LogP) is 23.8. The molecule has 0 aliphatic carbocycles. The molecule has 6 aromatic rings. The maximum Gasteiger partial charge on any atom is 0.331 e. The van der Waals surface area contributed by atoms with Gasteiger partial charge in [0.15, 0.2) is 0 Å². The van der Waals surface area contributed by atoms with Gasteiger partial charge in [0.2, 0.25) is 0 Å². The largest absolute Gasteiger partial charge is 0.508 e. The third-order valence-corrected chi connectivity index (χ3v) is 19.8. The summed E-state index contributed by atoms with van der Waals surface area (Å²) in [5.74, 6) is -2.02. The van der Waals surface area contributed by atoms with Crippen molar-refractivity contribution in [1.82, 2.24) is 0 Å². The molecule has 0 aromatic heterocycles.